The Morgan fingerprint density at radius 2 is 1.95 bits per heavy atom. The van der Waals surface area contributed by atoms with E-state index in [0.717, 1.165) is 21.3 Å². The zero-order valence-corrected chi connectivity index (χ0v) is 13.4. The molecule has 0 fully saturated rings. The molecular formula is C16H14BrNOS. The first kappa shape index (κ1) is 13.6. The van der Waals surface area contributed by atoms with Gasteiger partial charge in [-0.15, -0.1) is 11.3 Å². The third-order valence-electron chi connectivity index (χ3n) is 3.37. The maximum absolute atomic E-state index is 6.48. The summed E-state index contributed by atoms with van der Waals surface area (Å²) < 4.78 is 7.69. The van der Waals surface area contributed by atoms with Crippen molar-refractivity contribution in [1.29, 1.82) is 0 Å². The molecule has 1 heterocycles. The number of nitrogens with two attached hydrogens (primary N) is 1. The highest BCUT2D eigenvalue weighted by atomic mass is 79.9. The predicted molar refractivity (Wildman–Crippen MR) is 88.5 cm³/mol. The topological polar surface area (TPSA) is 35.2 Å². The lowest BCUT2D eigenvalue weighted by atomic mass is 9.98. The second-order valence-corrected chi connectivity index (χ2v) is 6.38. The molecule has 1 atom stereocenters. The van der Waals surface area contributed by atoms with Crippen molar-refractivity contribution >= 4 is 37.4 Å². The lowest BCUT2D eigenvalue weighted by Crippen LogP contribution is -2.12. The molecule has 0 aliphatic rings. The highest BCUT2D eigenvalue weighted by Crippen LogP contribution is 2.36. The Bertz CT molecular complexity index is 753. The quantitative estimate of drug-likeness (QED) is 0.743. The molecule has 0 aliphatic carbocycles. The average molecular weight is 348 g/mol. The van der Waals surface area contributed by atoms with Gasteiger partial charge in [-0.3, -0.25) is 0 Å². The molecule has 0 amide bonds. The van der Waals surface area contributed by atoms with Crippen molar-refractivity contribution in [1.82, 2.24) is 0 Å². The first-order valence-electron chi connectivity index (χ1n) is 6.26. The summed E-state index contributed by atoms with van der Waals surface area (Å²) in [6.07, 6.45) is 0. The van der Waals surface area contributed by atoms with Crippen LogP contribution >= 0.6 is 27.3 Å². The zero-order valence-electron chi connectivity index (χ0n) is 11.0. The smallest absolute Gasteiger partial charge is 0.124 e. The molecule has 102 valence electrons. The summed E-state index contributed by atoms with van der Waals surface area (Å²) in [4.78, 5) is 0. The Balaban J connectivity index is 2.13. The molecule has 2 nitrogen and oxygen atoms in total. The number of fused-ring (bicyclic) bond motifs is 1. The number of hydrogen-bond donors (Lipinski definition) is 1. The minimum atomic E-state index is -0.196. The largest absolute Gasteiger partial charge is 0.496 e. The van der Waals surface area contributed by atoms with Crippen LogP contribution in [0.5, 0.6) is 5.75 Å². The fourth-order valence-electron chi connectivity index (χ4n) is 2.35. The van der Waals surface area contributed by atoms with Crippen LogP contribution in [0, 0.1) is 0 Å². The summed E-state index contributed by atoms with van der Waals surface area (Å²) in [5.41, 5.74) is 8.61. The standard InChI is InChI=1S/C16H14BrNOS/c1-19-14-7-6-10(17)8-12(14)16(18)13-9-20-15-5-3-2-4-11(13)15/h2-9,16H,18H2,1H3. The number of thiophene rings is 1. The van der Waals surface area contributed by atoms with Crippen molar-refractivity contribution < 1.29 is 4.74 Å². The number of hydrogen-bond acceptors (Lipinski definition) is 3. The van der Waals surface area contributed by atoms with Crippen molar-refractivity contribution in [3.05, 3.63) is 63.4 Å². The fourth-order valence-corrected chi connectivity index (χ4v) is 3.73. The van der Waals surface area contributed by atoms with Crippen molar-refractivity contribution in [2.75, 3.05) is 7.11 Å². The molecule has 3 rings (SSSR count). The van der Waals surface area contributed by atoms with Gasteiger partial charge in [0, 0.05) is 14.7 Å². The van der Waals surface area contributed by atoms with Crippen LogP contribution in [0.3, 0.4) is 0 Å². The van der Waals surface area contributed by atoms with Gasteiger partial charge in [0.25, 0.3) is 0 Å². The molecule has 2 N–H and O–H groups in total. The Hall–Kier alpha value is -1.36. The van der Waals surface area contributed by atoms with E-state index in [2.05, 4.69) is 33.4 Å². The molecule has 0 aliphatic heterocycles. The van der Waals surface area contributed by atoms with E-state index >= 15 is 0 Å². The summed E-state index contributed by atoms with van der Waals surface area (Å²) in [7, 11) is 1.67. The number of ether oxygens (including phenoxy) is 1. The molecule has 0 saturated heterocycles. The van der Waals surface area contributed by atoms with E-state index in [-0.39, 0.29) is 6.04 Å². The highest BCUT2D eigenvalue weighted by molar-refractivity contribution is 9.10. The normalized spacial score (nSPS) is 12.6. The van der Waals surface area contributed by atoms with Crippen LogP contribution in [0.4, 0.5) is 0 Å². The molecule has 0 spiro atoms. The molecule has 0 bridgehead atoms. The van der Waals surface area contributed by atoms with Gasteiger partial charge in [-0.2, -0.15) is 0 Å². The van der Waals surface area contributed by atoms with Crippen LogP contribution in [0.25, 0.3) is 10.1 Å². The molecular weight excluding hydrogens is 334 g/mol. The minimum Gasteiger partial charge on any atom is -0.496 e. The zero-order chi connectivity index (χ0) is 14.1. The maximum Gasteiger partial charge on any atom is 0.124 e. The van der Waals surface area contributed by atoms with E-state index in [1.165, 1.54) is 10.1 Å². The monoisotopic (exact) mass is 347 g/mol. The van der Waals surface area contributed by atoms with Crippen molar-refractivity contribution in [3.8, 4) is 5.75 Å². The lowest BCUT2D eigenvalue weighted by molar-refractivity contribution is 0.408. The van der Waals surface area contributed by atoms with Gasteiger partial charge in [-0.1, -0.05) is 34.1 Å². The number of benzene rings is 2. The van der Waals surface area contributed by atoms with Gasteiger partial charge in [0.15, 0.2) is 0 Å². The number of halogens is 1. The molecule has 0 saturated carbocycles. The average Bonchev–Trinajstić information content (AvgIpc) is 2.90. The third-order valence-corrected chi connectivity index (χ3v) is 4.85. The van der Waals surface area contributed by atoms with E-state index in [9.17, 15) is 0 Å². The summed E-state index contributed by atoms with van der Waals surface area (Å²) in [5, 5.41) is 3.35. The van der Waals surface area contributed by atoms with Crippen LogP contribution in [0.1, 0.15) is 17.2 Å². The summed E-state index contributed by atoms with van der Waals surface area (Å²) in [6.45, 7) is 0. The van der Waals surface area contributed by atoms with Crippen LogP contribution in [0.2, 0.25) is 0 Å². The molecule has 1 unspecified atom stereocenters. The molecule has 3 aromatic rings. The Labute approximate surface area is 130 Å². The van der Waals surface area contributed by atoms with E-state index in [1.807, 2.05) is 30.3 Å². The second-order valence-electron chi connectivity index (χ2n) is 4.55. The van der Waals surface area contributed by atoms with E-state index in [4.69, 9.17) is 10.5 Å². The number of rotatable bonds is 3. The van der Waals surface area contributed by atoms with Gasteiger partial charge >= 0.3 is 0 Å². The van der Waals surface area contributed by atoms with Crippen LogP contribution in [0.15, 0.2) is 52.3 Å². The van der Waals surface area contributed by atoms with E-state index in [0.29, 0.717) is 0 Å². The minimum absolute atomic E-state index is 0.196. The highest BCUT2D eigenvalue weighted by Gasteiger charge is 2.17. The summed E-state index contributed by atoms with van der Waals surface area (Å²) in [6, 6.07) is 14.1. The van der Waals surface area contributed by atoms with E-state index < -0.39 is 0 Å². The van der Waals surface area contributed by atoms with Crippen LogP contribution in [-0.4, -0.2) is 7.11 Å². The molecule has 4 heteroatoms. The molecule has 20 heavy (non-hydrogen) atoms. The van der Waals surface area contributed by atoms with E-state index in [1.54, 1.807) is 18.4 Å². The summed E-state index contributed by atoms with van der Waals surface area (Å²) >= 11 is 5.22. The molecule has 2 aromatic carbocycles. The first-order chi connectivity index (χ1) is 9.70. The van der Waals surface area contributed by atoms with Crippen molar-refractivity contribution in [2.24, 2.45) is 5.73 Å². The third kappa shape index (κ3) is 2.35. The lowest BCUT2D eigenvalue weighted by Gasteiger charge is -2.16. The van der Waals surface area contributed by atoms with Gasteiger partial charge in [-0.05, 0) is 40.6 Å². The van der Waals surface area contributed by atoms with Crippen LogP contribution in [-0.2, 0) is 0 Å². The fraction of sp³-hybridized carbons (Fsp3) is 0.125. The SMILES string of the molecule is COc1ccc(Br)cc1C(N)c1csc2ccccc12. The van der Waals surface area contributed by atoms with Gasteiger partial charge in [0.1, 0.15) is 5.75 Å². The van der Waals surface area contributed by atoms with Crippen molar-refractivity contribution in [2.45, 2.75) is 6.04 Å². The number of methoxy groups -OCH3 is 1. The van der Waals surface area contributed by atoms with Crippen LogP contribution < -0.4 is 10.5 Å². The molecule has 1 aromatic heterocycles. The first-order valence-corrected chi connectivity index (χ1v) is 7.93. The Morgan fingerprint density at radius 1 is 1.15 bits per heavy atom. The maximum atomic E-state index is 6.48. The summed E-state index contributed by atoms with van der Waals surface area (Å²) in [5.74, 6) is 0.816. The van der Waals surface area contributed by atoms with Gasteiger partial charge in [0.2, 0.25) is 0 Å². The van der Waals surface area contributed by atoms with Crippen molar-refractivity contribution in [3.63, 3.8) is 0 Å². The van der Waals surface area contributed by atoms with Gasteiger partial charge in [-0.25, -0.2) is 0 Å². The Kier molecular flexibility index (Phi) is 3.78. The van der Waals surface area contributed by atoms with Gasteiger partial charge in [0.05, 0.1) is 13.2 Å². The molecule has 0 radical (unpaired) electrons. The predicted octanol–water partition coefficient (Wildman–Crippen LogP) is 4.72. The Morgan fingerprint density at radius 3 is 2.75 bits per heavy atom. The second kappa shape index (κ2) is 5.56. The van der Waals surface area contributed by atoms with Gasteiger partial charge < -0.3 is 10.5 Å².